The molecule has 0 N–H and O–H groups in total. The Morgan fingerprint density at radius 2 is 1.59 bits per heavy atom. The average molecular weight is 298 g/mol. The van der Waals surface area contributed by atoms with Crippen LogP contribution in [0.4, 0.5) is 0 Å². The first-order valence-electron chi connectivity index (χ1n) is 6.99. The topological polar surface area (TPSA) is 36.9 Å². The van der Waals surface area contributed by atoms with Crippen LogP contribution in [0.25, 0.3) is 11.8 Å². The van der Waals surface area contributed by atoms with Gasteiger partial charge >= 0.3 is 0 Å². The van der Waals surface area contributed by atoms with Crippen LogP contribution >= 0.6 is 0 Å². The Balaban J connectivity index is 2.12. The van der Waals surface area contributed by atoms with Crippen molar-refractivity contribution in [2.45, 2.75) is 6.29 Å². The van der Waals surface area contributed by atoms with Crippen LogP contribution in [0.3, 0.4) is 0 Å². The van der Waals surface area contributed by atoms with Crippen LogP contribution in [0.5, 0.6) is 11.5 Å². The normalized spacial score (nSPS) is 16.3. The van der Waals surface area contributed by atoms with Crippen molar-refractivity contribution in [3.05, 3.63) is 59.2 Å². The van der Waals surface area contributed by atoms with Gasteiger partial charge in [-0.1, -0.05) is 30.3 Å². The molecule has 0 aliphatic carbocycles. The van der Waals surface area contributed by atoms with E-state index in [0.29, 0.717) is 11.5 Å². The van der Waals surface area contributed by atoms with Crippen LogP contribution in [0, 0.1) is 0 Å². The molecule has 1 unspecified atom stereocenters. The highest BCUT2D eigenvalue weighted by Crippen LogP contribution is 2.41. The molecule has 2 aromatic carbocycles. The van der Waals surface area contributed by atoms with Crippen LogP contribution in [-0.4, -0.2) is 21.3 Å². The molecule has 0 spiro atoms. The van der Waals surface area contributed by atoms with Gasteiger partial charge in [0.25, 0.3) is 0 Å². The minimum absolute atomic E-state index is 0.477. The molecule has 4 heteroatoms. The molecule has 2 aromatic rings. The van der Waals surface area contributed by atoms with Gasteiger partial charge in [-0.3, -0.25) is 0 Å². The van der Waals surface area contributed by atoms with Crippen LogP contribution in [0.1, 0.15) is 23.0 Å². The molecule has 22 heavy (non-hydrogen) atoms. The van der Waals surface area contributed by atoms with E-state index in [2.05, 4.69) is 0 Å². The van der Waals surface area contributed by atoms with Gasteiger partial charge in [0.15, 0.2) is 11.5 Å². The van der Waals surface area contributed by atoms with E-state index < -0.39 is 6.29 Å². The van der Waals surface area contributed by atoms with Gasteiger partial charge in [0, 0.05) is 18.2 Å². The number of benzene rings is 2. The molecule has 0 bridgehead atoms. The lowest BCUT2D eigenvalue weighted by Gasteiger charge is -2.27. The zero-order valence-electron chi connectivity index (χ0n) is 12.8. The summed E-state index contributed by atoms with van der Waals surface area (Å²) in [6.45, 7) is 0. The predicted octanol–water partition coefficient (Wildman–Crippen LogP) is 3.88. The van der Waals surface area contributed by atoms with E-state index in [1.54, 1.807) is 21.3 Å². The first kappa shape index (κ1) is 14.5. The summed E-state index contributed by atoms with van der Waals surface area (Å²) in [5, 5.41) is 0. The molecular weight excluding hydrogens is 280 g/mol. The third kappa shape index (κ3) is 2.53. The molecule has 1 atom stereocenters. The summed E-state index contributed by atoms with van der Waals surface area (Å²) in [6, 6.07) is 13.8. The zero-order valence-corrected chi connectivity index (χ0v) is 12.8. The van der Waals surface area contributed by atoms with E-state index in [1.807, 2.05) is 48.5 Å². The maximum Gasteiger partial charge on any atom is 0.227 e. The number of hydrogen-bond donors (Lipinski definition) is 0. The van der Waals surface area contributed by atoms with Gasteiger partial charge in [0.05, 0.1) is 14.2 Å². The fraction of sp³-hybridized carbons (Fsp3) is 0.222. The van der Waals surface area contributed by atoms with Gasteiger partial charge < -0.3 is 18.9 Å². The van der Waals surface area contributed by atoms with Crippen molar-refractivity contribution in [1.82, 2.24) is 0 Å². The number of hydrogen-bond acceptors (Lipinski definition) is 4. The van der Waals surface area contributed by atoms with E-state index >= 15 is 0 Å². The van der Waals surface area contributed by atoms with Crippen molar-refractivity contribution in [3.8, 4) is 11.5 Å². The second-order valence-corrected chi connectivity index (χ2v) is 4.90. The van der Waals surface area contributed by atoms with Crippen molar-refractivity contribution in [1.29, 1.82) is 0 Å². The number of rotatable bonds is 4. The van der Waals surface area contributed by atoms with E-state index in [1.165, 1.54) is 0 Å². The molecule has 1 aliphatic rings. The zero-order chi connectivity index (χ0) is 15.5. The molecule has 0 aromatic heterocycles. The summed E-state index contributed by atoms with van der Waals surface area (Å²) in [7, 11) is 4.86. The molecule has 0 radical (unpaired) electrons. The van der Waals surface area contributed by atoms with Crippen LogP contribution in [0.2, 0.25) is 0 Å². The lowest BCUT2D eigenvalue weighted by molar-refractivity contribution is -0.0766. The smallest absolute Gasteiger partial charge is 0.227 e. The Labute approximate surface area is 129 Å². The van der Waals surface area contributed by atoms with Crippen LogP contribution < -0.4 is 9.47 Å². The second-order valence-electron chi connectivity index (χ2n) is 4.90. The molecule has 0 fully saturated rings. The fourth-order valence-electron chi connectivity index (χ4n) is 2.52. The molecule has 3 rings (SSSR count). The highest BCUT2D eigenvalue weighted by molar-refractivity contribution is 5.81. The predicted molar refractivity (Wildman–Crippen MR) is 84.7 cm³/mol. The van der Waals surface area contributed by atoms with Gasteiger partial charge in [-0.05, 0) is 23.8 Å². The molecule has 0 saturated carbocycles. The molecule has 1 heterocycles. The van der Waals surface area contributed by atoms with E-state index in [9.17, 15) is 0 Å². The Morgan fingerprint density at radius 1 is 0.909 bits per heavy atom. The Kier molecular flexibility index (Phi) is 4.02. The molecule has 114 valence electrons. The number of ether oxygens (including phenoxy) is 4. The highest BCUT2D eigenvalue weighted by Gasteiger charge is 2.25. The molecule has 1 aliphatic heterocycles. The highest BCUT2D eigenvalue weighted by atomic mass is 16.7. The number of methoxy groups -OCH3 is 3. The Hall–Kier alpha value is -2.46. The summed E-state index contributed by atoms with van der Waals surface area (Å²) in [4.78, 5) is 0. The quantitative estimate of drug-likeness (QED) is 0.858. The first-order valence-corrected chi connectivity index (χ1v) is 6.99. The lowest BCUT2D eigenvalue weighted by Crippen LogP contribution is -2.12. The fourth-order valence-corrected chi connectivity index (χ4v) is 2.52. The monoisotopic (exact) mass is 298 g/mol. The molecular formula is C18H18O4. The minimum atomic E-state index is -0.477. The standard InChI is InChI=1S/C18H18O4/c1-19-16-10-13-9-15(12-7-5-4-6-8-12)22-18(21-3)14(13)11-17(16)20-2/h4-11,18H,1-3H3. The third-order valence-electron chi connectivity index (χ3n) is 3.64. The minimum Gasteiger partial charge on any atom is -0.493 e. The van der Waals surface area contributed by atoms with Crippen molar-refractivity contribution >= 4 is 11.8 Å². The molecule has 0 saturated heterocycles. The molecule has 4 nitrogen and oxygen atoms in total. The Bertz CT molecular complexity index is 692. The van der Waals surface area contributed by atoms with Gasteiger partial charge in [-0.15, -0.1) is 0 Å². The largest absolute Gasteiger partial charge is 0.493 e. The number of fused-ring (bicyclic) bond motifs is 1. The van der Waals surface area contributed by atoms with Crippen LogP contribution in [0.15, 0.2) is 42.5 Å². The Morgan fingerprint density at radius 3 is 2.23 bits per heavy atom. The summed E-state index contributed by atoms with van der Waals surface area (Å²) in [6.07, 6.45) is 1.51. The second kappa shape index (κ2) is 6.12. The van der Waals surface area contributed by atoms with E-state index in [-0.39, 0.29) is 0 Å². The van der Waals surface area contributed by atoms with Crippen molar-refractivity contribution in [3.63, 3.8) is 0 Å². The maximum absolute atomic E-state index is 5.96. The van der Waals surface area contributed by atoms with Crippen molar-refractivity contribution in [2.24, 2.45) is 0 Å². The maximum atomic E-state index is 5.96. The SMILES string of the molecule is COc1cc2c(cc1OC)C(OC)OC(c1ccccc1)=C2. The van der Waals surface area contributed by atoms with E-state index in [4.69, 9.17) is 18.9 Å². The van der Waals surface area contributed by atoms with Gasteiger partial charge in [0.2, 0.25) is 6.29 Å². The summed E-state index contributed by atoms with van der Waals surface area (Å²) in [5.74, 6) is 2.11. The van der Waals surface area contributed by atoms with Gasteiger partial charge in [0.1, 0.15) is 5.76 Å². The van der Waals surface area contributed by atoms with Gasteiger partial charge in [-0.25, -0.2) is 0 Å². The van der Waals surface area contributed by atoms with Gasteiger partial charge in [-0.2, -0.15) is 0 Å². The third-order valence-corrected chi connectivity index (χ3v) is 3.64. The van der Waals surface area contributed by atoms with Crippen molar-refractivity contribution < 1.29 is 18.9 Å². The summed E-state index contributed by atoms with van der Waals surface area (Å²) >= 11 is 0. The van der Waals surface area contributed by atoms with Crippen LogP contribution in [-0.2, 0) is 9.47 Å². The average Bonchev–Trinajstić information content (AvgIpc) is 2.60. The van der Waals surface area contributed by atoms with Crippen molar-refractivity contribution in [2.75, 3.05) is 21.3 Å². The summed E-state index contributed by atoms with van der Waals surface area (Å²) < 4.78 is 22.2. The summed E-state index contributed by atoms with van der Waals surface area (Å²) in [5.41, 5.74) is 2.92. The first-order chi connectivity index (χ1) is 10.8. The molecule has 0 amide bonds. The lowest BCUT2D eigenvalue weighted by atomic mass is 10.0. The van der Waals surface area contributed by atoms with E-state index in [0.717, 1.165) is 22.4 Å².